The van der Waals surface area contributed by atoms with Gasteiger partial charge in [-0.1, -0.05) is 59.3 Å². The lowest BCUT2D eigenvalue weighted by molar-refractivity contribution is -0.143. The Morgan fingerprint density at radius 2 is 1.45 bits per heavy atom. The van der Waals surface area contributed by atoms with Gasteiger partial charge >= 0.3 is 5.97 Å². The SMILES string of the molecule is CC(C)(C)CCCCCCc1c(CCCCCCC2(C(=O)O)CC2)cc(O)c(O)c1O. The minimum Gasteiger partial charge on any atom is -0.504 e. The molecule has 2 rings (SSSR count). The third-order valence-corrected chi connectivity index (χ3v) is 6.71. The first-order chi connectivity index (χ1) is 14.6. The number of hydrogen-bond donors (Lipinski definition) is 4. The number of aromatic hydroxyl groups is 3. The Balaban J connectivity index is 1.78. The summed E-state index contributed by atoms with van der Waals surface area (Å²) in [4.78, 5) is 11.2. The van der Waals surface area contributed by atoms with Crippen LogP contribution in [0, 0.1) is 10.8 Å². The van der Waals surface area contributed by atoms with E-state index in [0.29, 0.717) is 11.8 Å². The quantitative estimate of drug-likeness (QED) is 0.193. The summed E-state index contributed by atoms with van der Waals surface area (Å²) < 4.78 is 0. The van der Waals surface area contributed by atoms with Gasteiger partial charge in [0.1, 0.15) is 0 Å². The Bertz CT molecular complexity index is 728. The molecule has 1 fully saturated rings. The molecule has 176 valence electrons. The van der Waals surface area contributed by atoms with Crippen LogP contribution < -0.4 is 0 Å². The summed E-state index contributed by atoms with van der Waals surface area (Å²) in [5.74, 6) is -1.51. The molecule has 0 heterocycles. The smallest absolute Gasteiger partial charge is 0.309 e. The number of benzene rings is 1. The predicted octanol–water partition coefficient (Wildman–Crippen LogP) is 6.70. The maximum Gasteiger partial charge on any atom is 0.309 e. The van der Waals surface area contributed by atoms with Crippen LogP contribution in [0.4, 0.5) is 0 Å². The Labute approximate surface area is 187 Å². The lowest BCUT2D eigenvalue weighted by Crippen LogP contribution is -2.14. The fourth-order valence-electron chi connectivity index (χ4n) is 4.40. The van der Waals surface area contributed by atoms with Crippen LogP contribution in [-0.4, -0.2) is 26.4 Å². The van der Waals surface area contributed by atoms with E-state index in [1.807, 2.05) is 0 Å². The fourth-order valence-corrected chi connectivity index (χ4v) is 4.40. The van der Waals surface area contributed by atoms with Crippen LogP contribution in [-0.2, 0) is 17.6 Å². The van der Waals surface area contributed by atoms with E-state index in [0.717, 1.165) is 81.8 Å². The number of carboxylic acids is 1. The monoisotopic (exact) mass is 434 g/mol. The van der Waals surface area contributed by atoms with Crippen molar-refractivity contribution in [2.75, 3.05) is 0 Å². The minimum atomic E-state index is -0.648. The second-order valence-electron chi connectivity index (χ2n) is 10.7. The van der Waals surface area contributed by atoms with Gasteiger partial charge in [0.05, 0.1) is 5.41 Å². The second-order valence-corrected chi connectivity index (χ2v) is 10.7. The zero-order valence-corrected chi connectivity index (χ0v) is 19.7. The number of phenols is 3. The molecule has 0 bridgehead atoms. The van der Waals surface area contributed by atoms with E-state index < -0.39 is 17.1 Å². The maximum atomic E-state index is 11.2. The summed E-state index contributed by atoms with van der Waals surface area (Å²) in [5.41, 5.74) is 1.59. The number of rotatable bonds is 14. The van der Waals surface area contributed by atoms with Gasteiger partial charge in [0, 0.05) is 5.56 Å². The van der Waals surface area contributed by atoms with Crippen LogP contribution in [0.5, 0.6) is 17.2 Å². The van der Waals surface area contributed by atoms with E-state index in [2.05, 4.69) is 20.8 Å². The molecule has 0 atom stereocenters. The molecule has 0 unspecified atom stereocenters. The molecule has 0 saturated heterocycles. The number of phenolic OH excluding ortho intramolecular Hbond substituents is 3. The summed E-state index contributed by atoms with van der Waals surface area (Å²) in [5, 5.41) is 39.5. The molecular formula is C26H42O5. The van der Waals surface area contributed by atoms with E-state index in [4.69, 9.17) is 0 Å². The average molecular weight is 435 g/mol. The number of carbonyl (C=O) groups is 1. The highest BCUT2D eigenvalue weighted by atomic mass is 16.4. The zero-order chi connectivity index (χ0) is 23.1. The maximum absolute atomic E-state index is 11.2. The van der Waals surface area contributed by atoms with Crippen LogP contribution >= 0.6 is 0 Å². The van der Waals surface area contributed by atoms with Crippen LogP contribution in [0.1, 0.15) is 109 Å². The summed E-state index contributed by atoms with van der Waals surface area (Å²) in [6.45, 7) is 6.77. The molecule has 0 spiro atoms. The molecule has 1 aliphatic rings. The Kier molecular flexibility index (Phi) is 9.08. The number of aliphatic carboxylic acids is 1. The molecule has 0 radical (unpaired) electrons. The van der Waals surface area contributed by atoms with E-state index in [1.165, 1.54) is 12.8 Å². The van der Waals surface area contributed by atoms with E-state index >= 15 is 0 Å². The molecule has 31 heavy (non-hydrogen) atoms. The molecule has 0 amide bonds. The normalized spacial score (nSPS) is 15.2. The highest BCUT2D eigenvalue weighted by Gasteiger charge is 2.49. The average Bonchev–Trinajstić information content (AvgIpc) is 3.47. The third kappa shape index (κ3) is 7.93. The molecule has 1 aliphatic carbocycles. The number of unbranched alkanes of at least 4 members (excludes halogenated alkanes) is 6. The molecular weight excluding hydrogens is 392 g/mol. The van der Waals surface area contributed by atoms with Gasteiger partial charge in [0.2, 0.25) is 5.75 Å². The zero-order valence-electron chi connectivity index (χ0n) is 19.7. The number of hydrogen-bond acceptors (Lipinski definition) is 4. The number of aryl methyl sites for hydroxylation is 1. The van der Waals surface area contributed by atoms with Crippen molar-refractivity contribution in [3.8, 4) is 17.2 Å². The Morgan fingerprint density at radius 1 is 0.871 bits per heavy atom. The molecule has 5 heteroatoms. The molecule has 1 saturated carbocycles. The largest absolute Gasteiger partial charge is 0.504 e. The second kappa shape index (κ2) is 11.1. The van der Waals surface area contributed by atoms with Crippen LogP contribution in [0.15, 0.2) is 6.07 Å². The van der Waals surface area contributed by atoms with Crippen molar-refractivity contribution in [2.24, 2.45) is 10.8 Å². The van der Waals surface area contributed by atoms with Gasteiger partial charge in [-0.05, 0) is 68.4 Å². The fraction of sp³-hybridized carbons (Fsp3) is 0.731. The summed E-state index contributed by atoms with van der Waals surface area (Å²) in [6.07, 6.45) is 13.3. The Hall–Kier alpha value is -1.91. The molecule has 0 aliphatic heterocycles. The Morgan fingerprint density at radius 3 is 2.03 bits per heavy atom. The molecule has 5 nitrogen and oxygen atoms in total. The van der Waals surface area contributed by atoms with Crippen LogP contribution in [0.3, 0.4) is 0 Å². The standard InChI is InChI=1S/C26H42O5/c1-25(2,3)14-10-6-5-9-13-20-19(18-21(27)23(29)22(20)28)12-8-4-7-11-15-26(16-17-26)24(30)31/h18,27-29H,4-17H2,1-3H3,(H,30,31). The first kappa shape index (κ1) is 25.4. The van der Waals surface area contributed by atoms with Crippen molar-refractivity contribution in [1.29, 1.82) is 0 Å². The molecule has 0 aromatic heterocycles. The van der Waals surface area contributed by atoms with Gasteiger partial charge in [-0.15, -0.1) is 0 Å². The first-order valence-corrected chi connectivity index (χ1v) is 12.0. The molecule has 4 N–H and O–H groups in total. The third-order valence-electron chi connectivity index (χ3n) is 6.71. The van der Waals surface area contributed by atoms with E-state index in [-0.39, 0.29) is 11.5 Å². The minimum absolute atomic E-state index is 0.179. The first-order valence-electron chi connectivity index (χ1n) is 12.0. The van der Waals surface area contributed by atoms with E-state index in [1.54, 1.807) is 6.07 Å². The van der Waals surface area contributed by atoms with Crippen molar-refractivity contribution < 1.29 is 25.2 Å². The van der Waals surface area contributed by atoms with Crippen molar-refractivity contribution in [1.82, 2.24) is 0 Å². The van der Waals surface area contributed by atoms with Gasteiger partial charge in [-0.2, -0.15) is 0 Å². The summed E-state index contributed by atoms with van der Waals surface area (Å²) >= 11 is 0. The topological polar surface area (TPSA) is 98.0 Å². The van der Waals surface area contributed by atoms with E-state index in [9.17, 15) is 25.2 Å². The highest BCUT2D eigenvalue weighted by Crippen LogP contribution is 2.50. The lowest BCUT2D eigenvalue weighted by atomic mass is 9.89. The van der Waals surface area contributed by atoms with Gasteiger partial charge in [0.25, 0.3) is 0 Å². The van der Waals surface area contributed by atoms with Crippen molar-refractivity contribution in [2.45, 2.75) is 111 Å². The van der Waals surface area contributed by atoms with Crippen molar-refractivity contribution in [3.05, 3.63) is 17.2 Å². The van der Waals surface area contributed by atoms with Crippen molar-refractivity contribution in [3.63, 3.8) is 0 Å². The van der Waals surface area contributed by atoms with Gasteiger partial charge in [-0.25, -0.2) is 0 Å². The van der Waals surface area contributed by atoms with Gasteiger partial charge < -0.3 is 20.4 Å². The molecule has 1 aromatic rings. The summed E-state index contributed by atoms with van der Waals surface area (Å²) in [7, 11) is 0. The summed E-state index contributed by atoms with van der Waals surface area (Å²) in [6, 6.07) is 1.59. The van der Waals surface area contributed by atoms with Crippen LogP contribution in [0.25, 0.3) is 0 Å². The lowest BCUT2D eigenvalue weighted by Gasteiger charge is -2.17. The van der Waals surface area contributed by atoms with Gasteiger partial charge in [0.15, 0.2) is 11.5 Å². The molecule has 1 aromatic carbocycles. The number of carboxylic acid groups (broad SMARTS) is 1. The predicted molar refractivity (Wildman–Crippen MR) is 124 cm³/mol. The van der Waals surface area contributed by atoms with Crippen LogP contribution in [0.2, 0.25) is 0 Å². The highest BCUT2D eigenvalue weighted by molar-refractivity contribution is 5.77. The van der Waals surface area contributed by atoms with Gasteiger partial charge in [-0.3, -0.25) is 4.79 Å². The van der Waals surface area contributed by atoms with Crippen molar-refractivity contribution >= 4 is 5.97 Å².